The molecule has 0 saturated heterocycles. The molecule has 0 heterocycles. The fourth-order valence-corrected chi connectivity index (χ4v) is 3.93. The van der Waals surface area contributed by atoms with Crippen molar-refractivity contribution in [3.05, 3.63) is 29.8 Å². The van der Waals surface area contributed by atoms with Gasteiger partial charge >= 0.3 is 0 Å². The van der Waals surface area contributed by atoms with E-state index in [4.69, 9.17) is 5.73 Å². The van der Waals surface area contributed by atoms with E-state index in [1.54, 1.807) is 0 Å². The summed E-state index contributed by atoms with van der Waals surface area (Å²) in [6.07, 6.45) is 8.02. The van der Waals surface area contributed by atoms with Crippen molar-refractivity contribution in [2.75, 3.05) is 6.54 Å². The largest absolute Gasteiger partial charge is 0.329 e. The zero-order valence-corrected chi connectivity index (χ0v) is 11.6. The van der Waals surface area contributed by atoms with Crippen LogP contribution >= 0.6 is 11.8 Å². The molecule has 1 fully saturated rings. The molecule has 0 radical (unpaired) electrons. The first kappa shape index (κ1) is 13.0. The van der Waals surface area contributed by atoms with E-state index in [9.17, 15) is 0 Å². The van der Waals surface area contributed by atoms with Gasteiger partial charge in [0.15, 0.2) is 0 Å². The van der Waals surface area contributed by atoms with Gasteiger partial charge in [-0.15, -0.1) is 11.8 Å². The van der Waals surface area contributed by atoms with Gasteiger partial charge in [0.2, 0.25) is 0 Å². The SMILES string of the molecule is Cc1ccc(SC2(CN)CCCCCC2)cc1. The Hall–Kier alpha value is -0.470. The molecule has 1 saturated carbocycles. The second kappa shape index (κ2) is 5.92. The van der Waals surface area contributed by atoms with Gasteiger partial charge in [0.1, 0.15) is 0 Å². The molecule has 1 aromatic carbocycles. The van der Waals surface area contributed by atoms with Gasteiger partial charge in [-0.1, -0.05) is 43.4 Å². The lowest BCUT2D eigenvalue weighted by atomic mass is 9.99. The average Bonchev–Trinajstić information content (AvgIpc) is 2.58. The second-order valence-corrected chi connectivity index (χ2v) is 6.76. The second-order valence-electron chi connectivity index (χ2n) is 5.22. The molecule has 0 aliphatic heterocycles. The van der Waals surface area contributed by atoms with Crippen molar-refractivity contribution in [3.63, 3.8) is 0 Å². The Balaban J connectivity index is 2.09. The lowest BCUT2D eigenvalue weighted by Gasteiger charge is -2.30. The summed E-state index contributed by atoms with van der Waals surface area (Å²) in [6.45, 7) is 2.95. The summed E-state index contributed by atoms with van der Waals surface area (Å²) in [5.41, 5.74) is 7.40. The number of thioether (sulfide) groups is 1. The first-order valence-corrected chi connectivity index (χ1v) is 7.52. The third-order valence-corrected chi connectivity index (χ3v) is 5.26. The third kappa shape index (κ3) is 3.49. The van der Waals surface area contributed by atoms with E-state index in [-0.39, 0.29) is 0 Å². The van der Waals surface area contributed by atoms with Crippen LogP contribution in [0.1, 0.15) is 44.1 Å². The summed E-state index contributed by atoms with van der Waals surface area (Å²) < 4.78 is 0.297. The minimum atomic E-state index is 0.297. The summed E-state index contributed by atoms with van der Waals surface area (Å²) in [6, 6.07) is 8.87. The molecule has 94 valence electrons. The highest BCUT2D eigenvalue weighted by molar-refractivity contribution is 8.00. The zero-order valence-electron chi connectivity index (χ0n) is 10.7. The van der Waals surface area contributed by atoms with Gasteiger partial charge in [-0.2, -0.15) is 0 Å². The van der Waals surface area contributed by atoms with Gasteiger partial charge in [0.25, 0.3) is 0 Å². The normalized spacial score (nSPS) is 19.9. The lowest BCUT2D eigenvalue weighted by Crippen LogP contribution is -2.33. The molecule has 2 heteroatoms. The van der Waals surface area contributed by atoms with Gasteiger partial charge in [-0.3, -0.25) is 0 Å². The summed E-state index contributed by atoms with van der Waals surface area (Å²) in [5.74, 6) is 0. The summed E-state index contributed by atoms with van der Waals surface area (Å²) >= 11 is 2.01. The van der Waals surface area contributed by atoms with Crippen LogP contribution < -0.4 is 5.73 Å². The fraction of sp³-hybridized carbons (Fsp3) is 0.600. The molecule has 0 aromatic heterocycles. The maximum atomic E-state index is 6.06. The number of aryl methyl sites for hydroxylation is 1. The van der Waals surface area contributed by atoms with E-state index in [0.29, 0.717) is 4.75 Å². The molecule has 1 nitrogen and oxygen atoms in total. The van der Waals surface area contributed by atoms with Gasteiger partial charge in [0, 0.05) is 16.2 Å². The molecule has 0 spiro atoms. The van der Waals surface area contributed by atoms with Crippen molar-refractivity contribution in [2.45, 2.75) is 55.1 Å². The average molecular weight is 249 g/mol. The van der Waals surface area contributed by atoms with Crippen LogP contribution in [0.3, 0.4) is 0 Å². The molecule has 1 aromatic rings. The number of hydrogen-bond donors (Lipinski definition) is 1. The predicted octanol–water partition coefficient (Wildman–Crippen LogP) is 4.14. The Morgan fingerprint density at radius 3 is 2.18 bits per heavy atom. The molecular weight excluding hydrogens is 226 g/mol. The molecule has 2 N–H and O–H groups in total. The van der Waals surface area contributed by atoms with E-state index in [1.165, 1.54) is 49.0 Å². The van der Waals surface area contributed by atoms with E-state index >= 15 is 0 Å². The molecule has 1 aliphatic carbocycles. The Morgan fingerprint density at radius 2 is 1.65 bits per heavy atom. The van der Waals surface area contributed by atoms with Crippen molar-refractivity contribution in [1.82, 2.24) is 0 Å². The predicted molar refractivity (Wildman–Crippen MR) is 76.5 cm³/mol. The molecular formula is C15H23NS. The monoisotopic (exact) mass is 249 g/mol. The smallest absolute Gasteiger partial charge is 0.0329 e. The summed E-state index contributed by atoms with van der Waals surface area (Å²) in [4.78, 5) is 1.38. The van der Waals surface area contributed by atoms with Gasteiger partial charge in [0.05, 0.1) is 0 Å². The molecule has 1 aliphatic rings. The maximum Gasteiger partial charge on any atom is 0.0329 e. The van der Waals surface area contributed by atoms with Crippen molar-refractivity contribution in [2.24, 2.45) is 5.73 Å². The van der Waals surface area contributed by atoms with Gasteiger partial charge in [-0.25, -0.2) is 0 Å². The Kier molecular flexibility index (Phi) is 4.52. The van der Waals surface area contributed by atoms with E-state index in [2.05, 4.69) is 31.2 Å². The van der Waals surface area contributed by atoms with Crippen LogP contribution in [0.5, 0.6) is 0 Å². The standard InChI is InChI=1S/C15H23NS/c1-13-6-8-14(9-7-13)17-15(12-16)10-4-2-3-5-11-15/h6-9H,2-5,10-12,16H2,1H3. The van der Waals surface area contributed by atoms with E-state index in [1.807, 2.05) is 11.8 Å². The van der Waals surface area contributed by atoms with Crippen molar-refractivity contribution >= 4 is 11.8 Å². The van der Waals surface area contributed by atoms with Crippen LogP contribution in [-0.2, 0) is 0 Å². The maximum absolute atomic E-state index is 6.06. The van der Waals surface area contributed by atoms with Gasteiger partial charge in [-0.05, 0) is 31.9 Å². The third-order valence-electron chi connectivity index (χ3n) is 3.74. The Labute approximate surface area is 109 Å². The fourth-order valence-electron chi connectivity index (χ4n) is 2.58. The van der Waals surface area contributed by atoms with Crippen LogP contribution in [0.4, 0.5) is 0 Å². The first-order chi connectivity index (χ1) is 8.24. The number of rotatable bonds is 3. The van der Waals surface area contributed by atoms with Crippen molar-refractivity contribution < 1.29 is 0 Å². The van der Waals surface area contributed by atoms with Crippen LogP contribution in [0.25, 0.3) is 0 Å². The highest BCUT2D eigenvalue weighted by Gasteiger charge is 2.30. The van der Waals surface area contributed by atoms with Gasteiger partial charge < -0.3 is 5.73 Å². The molecule has 0 amide bonds. The first-order valence-electron chi connectivity index (χ1n) is 6.70. The van der Waals surface area contributed by atoms with E-state index in [0.717, 1.165) is 6.54 Å². The molecule has 17 heavy (non-hydrogen) atoms. The van der Waals surface area contributed by atoms with Crippen LogP contribution in [0.15, 0.2) is 29.2 Å². The number of nitrogens with two attached hydrogens (primary N) is 1. The summed E-state index contributed by atoms with van der Waals surface area (Å²) in [7, 11) is 0. The minimum absolute atomic E-state index is 0.297. The molecule has 0 unspecified atom stereocenters. The van der Waals surface area contributed by atoms with Crippen LogP contribution in [0, 0.1) is 6.92 Å². The van der Waals surface area contributed by atoms with Crippen molar-refractivity contribution in [1.29, 1.82) is 0 Å². The highest BCUT2D eigenvalue weighted by Crippen LogP contribution is 2.42. The summed E-state index contributed by atoms with van der Waals surface area (Å²) in [5, 5.41) is 0. The van der Waals surface area contributed by atoms with Crippen LogP contribution in [-0.4, -0.2) is 11.3 Å². The van der Waals surface area contributed by atoms with Crippen LogP contribution in [0.2, 0.25) is 0 Å². The molecule has 2 rings (SSSR count). The highest BCUT2D eigenvalue weighted by atomic mass is 32.2. The Morgan fingerprint density at radius 1 is 1.06 bits per heavy atom. The minimum Gasteiger partial charge on any atom is -0.329 e. The molecule has 0 bridgehead atoms. The van der Waals surface area contributed by atoms with E-state index < -0.39 is 0 Å². The number of benzene rings is 1. The Bertz CT molecular complexity index is 336. The molecule has 0 atom stereocenters. The number of hydrogen-bond acceptors (Lipinski definition) is 2. The quantitative estimate of drug-likeness (QED) is 0.815. The topological polar surface area (TPSA) is 26.0 Å². The van der Waals surface area contributed by atoms with Crippen molar-refractivity contribution in [3.8, 4) is 0 Å². The zero-order chi connectivity index (χ0) is 12.1. The lowest BCUT2D eigenvalue weighted by molar-refractivity contribution is 0.521.